The Kier molecular flexibility index (Phi) is 4.96. The largest absolute Gasteiger partial charge is 0.464 e. The lowest BCUT2D eigenvalue weighted by Gasteiger charge is -2.04. The summed E-state index contributed by atoms with van der Waals surface area (Å²) in [5.41, 5.74) is 1.82. The number of furan rings is 1. The van der Waals surface area contributed by atoms with Gasteiger partial charge in [0.15, 0.2) is 0 Å². The number of amides is 1. The number of nitrogens with zero attached hydrogens (tertiary/aromatic N) is 1. The van der Waals surface area contributed by atoms with Gasteiger partial charge in [0.1, 0.15) is 23.7 Å². The van der Waals surface area contributed by atoms with Crippen molar-refractivity contribution in [3.05, 3.63) is 58.0 Å². The Labute approximate surface area is 131 Å². The lowest BCUT2D eigenvalue weighted by atomic mass is 10.1. The Morgan fingerprint density at radius 1 is 1.43 bits per heavy atom. The molecule has 0 radical (unpaired) electrons. The number of hydrogen-bond donors (Lipinski definition) is 1. The average Bonchev–Trinajstić information content (AvgIpc) is 2.90. The van der Waals surface area contributed by atoms with Gasteiger partial charge in [-0.15, -0.1) is 0 Å². The number of carbonyl (C=O) groups excluding carboxylic acids is 1. The molecule has 1 aromatic heterocycles. The number of hydrogen-bond acceptors (Lipinski definition) is 3. The molecule has 0 saturated heterocycles. The number of nitrogens with one attached hydrogen (secondary N) is 1. The zero-order valence-corrected chi connectivity index (χ0v) is 13.0. The summed E-state index contributed by atoms with van der Waals surface area (Å²) in [6.45, 7) is 2.06. The number of aryl methyl sites for hydroxylation is 1. The molecule has 2 rings (SSSR count). The predicted molar refractivity (Wildman–Crippen MR) is 84.4 cm³/mol. The molecule has 1 aromatic carbocycles. The smallest absolute Gasteiger partial charge is 0.266 e. The average molecular weight is 345 g/mol. The maximum absolute atomic E-state index is 12.1. The summed E-state index contributed by atoms with van der Waals surface area (Å²) in [7, 11) is 0. The highest BCUT2D eigenvalue weighted by Gasteiger charge is 2.10. The molecular weight excluding hydrogens is 332 g/mol. The summed E-state index contributed by atoms with van der Waals surface area (Å²) in [5, 5.41) is 11.8. The Morgan fingerprint density at radius 3 is 2.67 bits per heavy atom. The zero-order chi connectivity index (χ0) is 15.2. The minimum atomic E-state index is -0.464. The fourth-order valence-electron chi connectivity index (χ4n) is 1.72. The Hall–Kier alpha value is -2.32. The molecule has 5 heteroatoms. The second-order valence-electron chi connectivity index (χ2n) is 4.34. The van der Waals surface area contributed by atoms with E-state index in [1.54, 1.807) is 6.07 Å². The molecule has 0 spiro atoms. The van der Waals surface area contributed by atoms with Crippen LogP contribution in [0, 0.1) is 11.3 Å². The molecule has 0 saturated carbocycles. The van der Waals surface area contributed by atoms with Crippen molar-refractivity contribution in [2.24, 2.45) is 0 Å². The summed E-state index contributed by atoms with van der Waals surface area (Å²) in [6, 6.07) is 11.1. The monoisotopic (exact) mass is 344 g/mol. The second kappa shape index (κ2) is 6.91. The SMILES string of the molecule is CCc1ccc(NC(=O)/C(C#N)=C\c2cc(Br)co2)cc1. The molecule has 21 heavy (non-hydrogen) atoms. The van der Waals surface area contributed by atoms with E-state index in [2.05, 4.69) is 28.2 Å². The Bertz CT molecular complexity index is 709. The van der Waals surface area contributed by atoms with E-state index in [9.17, 15) is 4.79 Å². The lowest BCUT2D eigenvalue weighted by molar-refractivity contribution is -0.112. The molecule has 106 valence electrons. The summed E-state index contributed by atoms with van der Waals surface area (Å²) in [4.78, 5) is 12.1. The number of benzene rings is 1. The number of nitriles is 1. The van der Waals surface area contributed by atoms with E-state index in [1.807, 2.05) is 30.3 Å². The third-order valence-electron chi connectivity index (χ3n) is 2.86. The van der Waals surface area contributed by atoms with Crippen molar-refractivity contribution in [3.8, 4) is 6.07 Å². The van der Waals surface area contributed by atoms with Gasteiger partial charge in [-0.2, -0.15) is 5.26 Å². The van der Waals surface area contributed by atoms with Crippen LogP contribution in [0.2, 0.25) is 0 Å². The first-order chi connectivity index (χ1) is 10.1. The first-order valence-corrected chi connectivity index (χ1v) is 7.17. The topological polar surface area (TPSA) is 66.0 Å². The fourth-order valence-corrected chi connectivity index (χ4v) is 2.04. The lowest BCUT2D eigenvalue weighted by Crippen LogP contribution is -2.13. The van der Waals surface area contributed by atoms with Crippen LogP contribution in [-0.4, -0.2) is 5.91 Å². The van der Waals surface area contributed by atoms with Gasteiger partial charge in [-0.3, -0.25) is 4.79 Å². The van der Waals surface area contributed by atoms with E-state index in [-0.39, 0.29) is 5.57 Å². The van der Waals surface area contributed by atoms with Crippen molar-refractivity contribution in [3.63, 3.8) is 0 Å². The molecule has 4 nitrogen and oxygen atoms in total. The van der Waals surface area contributed by atoms with Gasteiger partial charge in [0.05, 0.1) is 4.47 Å². The van der Waals surface area contributed by atoms with Crippen LogP contribution in [0.4, 0.5) is 5.69 Å². The maximum atomic E-state index is 12.1. The number of rotatable bonds is 4. The minimum Gasteiger partial charge on any atom is -0.464 e. The standard InChI is InChI=1S/C16H13BrN2O2/c1-2-11-3-5-14(6-4-11)19-16(20)12(9-18)7-15-8-13(17)10-21-15/h3-8,10H,2H2,1H3,(H,19,20)/b12-7-. The quantitative estimate of drug-likeness (QED) is 0.669. The zero-order valence-electron chi connectivity index (χ0n) is 11.4. The van der Waals surface area contributed by atoms with E-state index >= 15 is 0 Å². The van der Waals surface area contributed by atoms with Crippen LogP contribution < -0.4 is 5.32 Å². The molecule has 0 unspecified atom stereocenters. The number of anilines is 1. The van der Waals surface area contributed by atoms with Gasteiger partial charge < -0.3 is 9.73 Å². The molecule has 0 atom stereocenters. The predicted octanol–water partition coefficient (Wildman–Crippen LogP) is 4.15. The molecule has 0 aliphatic carbocycles. The van der Waals surface area contributed by atoms with Crippen molar-refractivity contribution >= 4 is 33.6 Å². The second-order valence-corrected chi connectivity index (χ2v) is 5.26. The van der Waals surface area contributed by atoms with Gasteiger partial charge in [0, 0.05) is 11.8 Å². The van der Waals surface area contributed by atoms with Crippen LogP contribution >= 0.6 is 15.9 Å². The molecule has 0 fully saturated rings. The molecule has 0 aliphatic rings. The van der Waals surface area contributed by atoms with Crippen molar-refractivity contribution < 1.29 is 9.21 Å². The Balaban J connectivity index is 2.13. The summed E-state index contributed by atoms with van der Waals surface area (Å²) >= 11 is 3.24. The molecule has 1 heterocycles. The van der Waals surface area contributed by atoms with Crippen molar-refractivity contribution in [2.45, 2.75) is 13.3 Å². The van der Waals surface area contributed by atoms with Crippen LogP contribution in [0.15, 0.2) is 51.1 Å². The van der Waals surface area contributed by atoms with E-state index in [0.717, 1.165) is 10.9 Å². The van der Waals surface area contributed by atoms with Crippen molar-refractivity contribution in [2.75, 3.05) is 5.32 Å². The molecule has 0 aliphatic heterocycles. The van der Waals surface area contributed by atoms with E-state index in [1.165, 1.54) is 17.9 Å². The van der Waals surface area contributed by atoms with Gasteiger partial charge in [-0.25, -0.2) is 0 Å². The molecule has 1 N–H and O–H groups in total. The van der Waals surface area contributed by atoms with Crippen LogP contribution in [0.5, 0.6) is 0 Å². The fraction of sp³-hybridized carbons (Fsp3) is 0.125. The van der Waals surface area contributed by atoms with Crippen LogP contribution in [0.3, 0.4) is 0 Å². The normalized spacial score (nSPS) is 11.0. The minimum absolute atomic E-state index is 0.0172. The number of halogens is 1. The third kappa shape index (κ3) is 4.07. The molecule has 2 aromatic rings. The highest BCUT2D eigenvalue weighted by atomic mass is 79.9. The molecule has 0 bridgehead atoms. The van der Waals surface area contributed by atoms with E-state index in [0.29, 0.717) is 11.4 Å². The van der Waals surface area contributed by atoms with Gasteiger partial charge in [-0.1, -0.05) is 19.1 Å². The summed E-state index contributed by atoms with van der Waals surface area (Å²) < 4.78 is 5.92. The van der Waals surface area contributed by atoms with E-state index in [4.69, 9.17) is 9.68 Å². The van der Waals surface area contributed by atoms with Gasteiger partial charge in [0.2, 0.25) is 0 Å². The van der Waals surface area contributed by atoms with Crippen molar-refractivity contribution in [1.82, 2.24) is 0 Å². The summed E-state index contributed by atoms with van der Waals surface area (Å²) in [6.07, 6.45) is 3.83. The van der Waals surface area contributed by atoms with Gasteiger partial charge in [-0.05, 0) is 46.1 Å². The highest BCUT2D eigenvalue weighted by Crippen LogP contribution is 2.17. The van der Waals surface area contributed by atoms with Crippen LogP contribution in [0.25, 0.3) is 6.08 Å². The highest BCUT2D eigenvalue weighted by molar-refractivity contribution is 9.10. The Morgan fingerprint density at radius 2 is 2.14 bits per heavy atom. The van der Waals surface area contributed by atoms with E-state index < -0.39 is 5.91 Å². The number of carbonyl (C=O) groups is 1. The third-order valence-corrected chi connectivity index (χ3v) is 3.28. The molecular formula is C16H13BrN2O2. The summed E-state index contributed by atoms with van der Waals surface area (Å²) in [5.74, 6) is -0.0239. The van der Waals surface area contributed by atoms with Crippen LogP contribution in [0.1, 0.15) is 18.2 Å². The van der Waals surface area contributed by atoms with Gasteiger partial charge >= 0.3 is 0 Å². The first kappa shape index (κ1) is 15.1. The van der Waals surface area contributed by atoms with Crippen LogP contribution in [-0.2, 0) is 11.2 Å². The maximum Gasteiger partial charge on any atom is 0.266 e. The molecule has 1 amide bonds. The first-order valence-electron chi connectivity index (χ1n) is 6.38. The van der Waals surface area contributed by atoms with Crippen molar-refractivity contribution in [1.29, 1.82) is 5.26 Å². The van der Waals surface area contributed by atoms with Gasteiger partial charge in [0.25, 0.3) is 5.91 Å².